The lowest BCUT2D eigenvalue weighted by Crippen LogP contribution is -2.43. The van der Waals surface area contributed by atoms with E-state index in [1.165, 1.54) is 37.3 Å². The normalized spacial score (nSPS) is 13.4. The minimum absolute atomic E-state index is 0.0108. The van der Waals surface area contributed by atoms with Crippen molar-refractivity contribution in [1.29, 1.82) is 0 Å². The molecule has 2 heterocycles. The second-order valence-corrected chi connectivity index (χ2v) is 7.87. The summed E-state index contributed by atoms with van der Waals surface area (Å²) in [5.41, 5.74) is 2.67. The minimum atomic E-state index is -0.557. The number of carbonyl (C=O) groups is 1. The van der Waals surface area contributed by atoms with E-state index in [2.05, 4.69) is 37.6 Å². The van der Waals surface area contributed by atoms with Crippen LogP contribution in [0.1, 0.15) is 29.3 Å². The van der Waals surface area contributed by atoms with Crippen molar-refractivity contribution in [3.63, 3.8) is 0 Å². The van der Waals surface area contributed by atoms with Crippen molar-refractivity contribution in [2.45, 2.75) is 20.0 Å². The fraction of sp³-hybridized carbons (Fsp3) is 0.320. The van der Waals surface area contributed by atoms with E-state index in [9.17, 15) is 9.18 Å². The molecule has 3 aromatic rings. The third kappa shape index (κ3) is 5.60. The van der Waals surface area contributed by atoms with Gasteiger partial charge in [-0.25, -0.2) is 14.4 Å². The first-order chi connectivity index (χ1) is 16.6. The van der Waals surface area contributed by atoms with E-state index in [1.807, 2.05) is 12.1 Å². The second-order valence-electron chi connectivity index (χ2n) is 7.87. The van der Waals surface area contributed by atoms with Crippen LogP contribution in [0, 0.1) is 5.82 Å². The Morgan fingerprint density at radius 2 is 1.85 bits per heavy atom. The van der Waals surface area contributed by atoms with Crippen molar-refractivity contribution >= 4 is 23.1 Å². The molecule has 2 aromatic carbocycles. The molecule has 0 radical (unpaired) electrons. The lowest BCUT2D eigenvalue weighted by molar-refractivity contribution is 0.0987. The Balaban J connectivity index is 1.37. The highest BCUT2D eigenvalue weighted by Gasteiger charge is 2.16. The molecule has 8 nitrogen and oxygen atoms in total. The van der Waals surface area contributed by atoms with Gasteiger partial charge in [-0.05, 0) is 36.4 Å². The van der Waals surface area contributed by atoms with Crippen LogP contribution in [-0.2, 0) is 6.61 Å². The van der Waals surface area contributed by atoms with Gasteiger partial charge >= 0.3 is 0 Å². The van der Waals surface area contributed by atoms with Gasteiger partial charge in [-0.1, -0.05) is 6.92 Å². The fourth-order valence-corrected chi connectivity index (χ4v) is 3.70. The van der Waals surface area contributed by atoms with Crippen LogP contribution in [0.5, 0.6) is 11.5 Å². The monoisotopic (exact) mass is 465 g/mol. The number of anilines is 3. The van der Waals surface area contributed by atoms with Crippen LogP contribution in [-0.4, -0.2) is 49.0 Å². The van der Waals surface area contributed by atoms with E-state index < -0.39 is 5.82 Å². The van der Waals surface area contributed by atoms with Gasteiger partial charge in [0.25, 0.3) is 0 Å². The Hall–Kier alpha value is -3.72. The van der Waals surface area contributed by atoms with Crippen LogP contribution in [0.25, 0.3) is 0 Å². The number of aromatic nitrogens is 2. The van der Waals surface area contributed by atoms with E-state index in [4.69, 9.17) is 9.47 Å². The van der Waals surface area contributed by atoms with Crippen LogP contribution >= 0.6 is 0 Å². The standard InChI is InChI=1S/C25H28FN5O3/c1-3-22(32)17-12-18(24(26)23(13-17)33-2)16-34-21-14-28-25(29-15-21)30-19-4-6-20(7-5-19)31-10-8-27-9-11-31/h4-7,12-15,27H,3,8-11,16H2,1-2H3,(H,28,29,30). The van der Waals surface area contributed by atoms with Crippen molar-refractivity contribution in [3.8, 4) is 11.5 Å². The maximum absolute atomic E-state index is 14.6. The van der Waals surface area contributed by atoms with Crippen molar-refractivity contribution in [3.05, 3.63) is 65.7 Å². The Morgan fingerprint density at radius 3 is 2.50 bits per heavy atom. The van der Waals surface area contributed by atoms with Crippen molar-refractivity contribution in [2.24, 2.45) is 0 Å². The SMILES string of the molecule is CCC(=O)c1cc(COc2cnc(Nc3ccc(N4CCNCC4)cc3)nc2)c(F)c(OC)c1. The van der Waals surface area contributed by atoms with Crippen molar-refractivity contribution in [2.75, 3.05) is 43.5 Å². The Kier molecular flexibility index (Phi) is 7.54. The topological polar surface area (TPSA) is 88.6 Å². The molecule has 0 saturated carbocycles. The molecule has 1 aliphatic rings. The molecule has 4 rings (SSSR count). The number of nitrogens with zero attached hydrogens (tertiary/aromatic N) is 3. The molecule has 0 unspecified atom stereocenters. The summed E-state index contributed by atoms with van der Waals surface area (Å²) in [6.07, 6.45) is 3.34. The van der Waals surface area contributed by atoms with Gasteiger partial charge in [-0.2, -0.15) is 0 Å². The van der Waals surface area contributed by atoms with Gasteiger partial charge in [-0.15, -0.1) is 0 Å². The Bertz CT molecular complexity index is 1120. The first-order valence-corrected chi connectivity index (χ1v) is 11.2. The number of hydrogen-bond donors (Lipinski definition) is 2. The van der Waals surface area contributed by atoms with E-state index >= 15 is 0 Å². The average molecular weight is 466 g/mol. The fourth-order valence-electron chi connectivity index (χ4n) is 3.70. The Labute approximate surface area is 198 Å². The molecule has 0 bridgehead atoms. The third-order valence-electron chi connectivity index (χ3n) is 5.61. The van der Waals surface area contributed by atoms with Crippen LogP contribution in [0.4, 0.5) is 21.7 Å². The zero-order chi connectivity index (χ0) is 23.9. The number of nitrogens with one attached hydrogen (secondary N) is 2. The first-order valence-electron chi connectivity index (χ1n) is 11.2. The number of methoxy groups -OCH3 is 1. The molecule has 1 aromatic heterocycles. The number of piperazine rings is 1. The van der Waals surface area contributed by atoms with E-state index in [0.717, 1.165) is 31.9 Å². The third-order valence-corrected chi connectivity index (χ3v) is 5.61. The van der Waals surface area contributed by atoms with Gasteiger partial charge in [0.05, 0.1) is 19.5 Å². The molecule has 1 saturated heterocycles. The minimum Gasteiger partial charge on any atom is -0.494 e. The molecule has 0 amide bonds. The average Bonchev–Trinajstić information content (AvgIpc) is 2.89. The van der Waals surface area contributed by atoms with Gasteiger partial charge in [0.15, 0.2) is 23.1 Å². The number of hydrogen-bond acceptors (Lipinski definition) is 8. The van der Waals surface area contributed by atoms with Gasteiger partial charge in [-0.3, -0.25) is 4.79 Å². The highest BCUT2D eigenvalue weighted by Crippen LogP contribution is 2.25. The summed E-state index contributed by atoms with van der Waals surface area (Å²) >= 11 is 0. The summed E-state index contributed by atoms with van der Waals surface area (Å²) in [4.78, 5) is 22.9. The predicted molar refractivity (Wildman–Crippen MR) is 129 cm³/mol. The highest BCUT2D eigenvalue weighted by atomic mass is 19.1. The number of benzene rings is 2. The number of Topliss-reactive ketones (excluding diaryl/α,β-unsaturated/α-hetero) is 1. The molecular formula is C25H28FN5O3. The summed E-state index contributed by atoms with van der Waals surface area (Å²) in [7, 11) is 1.36. The molecule has 0 atom stereocenters. The zero-order valence-electron chi connectivity index (χ0n) is 19.3. The second kappa shape index (κ2) is 10.9. The molecule has 178 valence electrons. The lowest BCUT2D eigenvalue weighted by Gasteiger charge is -2.29. The highest BCUT2D eigenvalue weighted by molar-refractivity contribution is 5.96. The van der Waals surface area contributed by atoms with Gasteiger partial charge in [0.2, 0.25) is 5.95 Å². The first kappa shape index (κ1) is 23.4. The summed E-state index contributed by atoms with van der Waals surface area (Å²) in [5, 5.41) is 6.51. The number of ether oxygens (including phenoxy) is 2. The molecule has 0 spiro atoms. The quantitative estimate of drug-likeness (QED) is 0.460. The maximum Gasteiger partial charge on any atom is 0.227 e. The smallest absolute Gasteiger partial charge is 0.227 e. The molecule has 2 N–H and O–H groups in total. The van der Waals surface area contributed by atoms with Crippen LogP contribution in [0.2, 0.25) is 0 Å². The van der Waals surface area contributed by atoms with Gasteiger partial charge < -0.3 is 25.0 Å². The van der Waals surface area contributed by atoms with Gasteiger partial charge in [0.1, 0.15) is 6.61 Å². The van der Waals surface area contributed by atoms with E-state index in [-0.39, 0.29) is 23.7 Å². The van der Waals surface area contributed by atoms with Crippen LogP contribution in [0.3, 0.4) is 0 Å². The Morgan fingerprint density at radius 1 is 1.15 bits per heavy atom. The van der Waals surface area contributed by atoms with Crippen LogP contribution in [0.15, 0.2) is 48.8 Å². The van der Waals surface area contributed by atoms with E-state index in [0.29, 0.717) is 23.7 Å². The predicted octanol–water partition coefficient (Wildman–Crippen LogP) is 3.95. The van der Waals surface area contributed by atoms with Crippen molar-refractivity contribution < 1.29 is 18.7 Å². The summed E-state index contributed by atoms with van der Waals surface area (Å²) in [6, 6.07) is 11.0. The summed E-state index contributed by atoms with van der Waals surface area (Å²) in [5.74, 6) is 0.158. The summed E-state index contributed by atoms with van der Waals surface area (Å²) < 4.78 is 25.3. The summed E-state index contributed by atoms with van der Waals surface area (Å²) in [6.45, 7) is 5.63. The number of ketones is 1. The zero-order valence-corrected chi connectivity index (χ0v) is 19.3. The lowest BCUT2D eigenvalue weighted by atomic mass is 10.0. The van der Waals surface area contributed by atoms with Gasteiger partial charge in [0, 0.05) is 55.1 Å². The van der Waals surface area contributed by atoms with E-state index in [1.54, 1.807) is 6.92 Å². The van der Waals surface area contributed by atoms with Crippen molar-refractivity contribution in [1.82, 2.24) is 15.3 Å². The number of halogens is 1. The van der Waals surface area contributed by atoms with Crippen LogP contribution < -0.4 is 25.0 Å². The molecule has 1 fully saturated rings. The molecule has 9 heteroatoms. The number of carbonyl (C=O) groups excluding carboxylic acids is 1. The molecule has 0 aliphatic carbocycles. The number of rotatable bonds is 9. The largest absolute Gasteiger partial charge is 0.494 e. The molecule has 34 heavy (non-hydrogen) atoms. The maximum atomic E-state index is 14.6. The molecular weight excluding hydrogens is 437 g/mol. The molecule has 1 aliphatic heterocycles.